The highest BCUT2D eigenvalue weighted by Crippen LogP contribution is 2.26. The first-order chi connectivity index (χ1) is 15.1. The monoisotopic (exact) mass is 414 g/mol. The van der Waals surface area contributed by atoms with Crippen LogP contribution in [0.3, 0.4) is 0 Å². The first kappa shape index (κ1) is 20.6. The van der Waals surface area contributed by atoms with Crippen LogP contribution in [0.25, 0.3) is 16.9 Å². The summed E-state index contributed by atoms with van der Waals surface area (Å²) >= 11 is 0. The van der Waals surface area contributed by atoms with Crippen LogP contribution in [-0.2, 0) is 13.0 Å². The second-order valence-electron chi connectivity index (χ2n) is 7.46. The van der Waals surface area contributed by atoms with E-state index in [9.17, 15) is 4.79 Å². The first-order valence-electron chi connectivity index (χ1n) is 10.3. The Bertz CT molecular complexity index is 1220. The predicted molar refractivity (Wildman–Crippen MR) is 124 cm³/mol. The molecule has 2 heterocycles. The van der Waals surface area contributed by atoms with E-state index in [2.05, 4.69) is 27.8 Å². The lowest BCUT2D eigenvalue weighted by atomic mass is 10.1. The van der Waals surface area contributed by atoms with Crippen molar-refractivity contribution in [2.24, 2.45) is 5.73 Å². The molecule has 4 rings (SSSR count). The molecule has 31 heavy (non-hydrogen) atoms. The highest BCUT2D eigenvalue weighted by Gasteiger charge is 2.16. The minimum Gasteiger partial charge on any atom is -0.366 e. The van der Waals surface area contributed by atoms with Crippen LogP contribution in [-0.4, -0.2) is 34.0 Å². The molecule has 0 aliphatic heterocycles. The number of likely N-dealkylation sites (N-methyl/N-ethyl adjacent to an activating group) is 1. The van der Waals surface area contributed by atoms with Crippen LogP contribution in [0.15, 0.2) is 60.8 Å². The van der Waals surface area contributed by atoms with Gasteiger partial charge in [0.05, 0.1) is 5.52 Å². The van der Waals surface area contributed by atoms with E-state index in [4.69, 9.17) is 10.7 Å². The number of carbonyl (C=O) groups is 1. The molecule has 0 bridgehead atoms. The Labute approximate surface area is 181 Å². The summed E-state index contributed by atoms with van der Waals surface area (Å²) in [4.78, 5) is 21.4. The van der Waals surface area contributed by atoms with Crippen LogP contribution in [0.5, 0.6) is 0 Å². The number of primary amides is 1. The van der Waals surface area contributed by atoms with Crippen molar-refractivity contribution in [3.8, 4) is 5.95 Å². The highest BCUT2D eigenvalue weighted by atomic mass is 16.1. The molecule has 7 heteroatoms. The number of hydrogen-bond donors (Lipinski definition) is 3. The maximum absolute atomic E-state index is 11.9. The lowest BCUT2D eigenvalue weighted by molar-refractivity contribution is 0.100. The number of hydrogen-bond acceptors (Lipinski definition) is 5. The molecule has 0 aliphatic rings. The van der Waals surface area contributed by atoms with Crippen LogP contribution in [0, 0.1) is 6.92 Å². The van der Waals surface area contributed by atoms with Gasteiger partial charge in [-0.15, -0.1) is 0 Å². The second kappa shape index (κ2) is 8.97. The molecule has 0 saturated heterocycles. The number of carbonyl (C=O) groups excluding carboxylic acids is 1. The molecule has 7 nitrogen and oxygen atoms in total. The quantitative estimate of drug-likeness (QED) is 0.411. The summed E-state index contributed by atoms with van der Waals surface area (Å²) in [6, 6.07) is 17.7. The third-order valence-electron chi connectivity index (χ3n) is 5.29. The number of nitrogens with zero attached hydrogens (tertiary/aromatic N) is 3. The molecule has 0 radical (unpaired) electrons. The summed E-state index contributed by atoms with van der Waals surface area (Å²) in [5, 5.41) is 7.45. The van der Waals surface area contributed by atoms with Gasteiger partial charge in [0.2, 0.25) is 11.9 Å². The van der Waals surface area contributed by atoms with E-state index < -0.39 is 5.91 Å². The van der Waals surface area contributed by atoms with Crippen molar-refractivity contribution in [1.29, 1.82) is 0 Å². The summed E-state index contributed by atoms with van der Waals surface area (Å²) in [7, 11) is 1.93. The van der Waals surface area contributed by atoms with E-state index in [-0.39, 0.29) is 0 Å². The molecule has 0 atom stereocenters. The van der Waals surface area contributed by atoms with Crippen molar-refractivity contribution in [1.82, 2.24) is 19.9 Å². The third kappa shape index (κ3) is 4.27. The fraction of sp³-hybridized carbons (Fsp3) is 0.208. The minimum atomic E-state index is -0.448. The number of benzene rings is 2. The number of anilines is 1. The van der Waals surface area contributed by atoms with E-state index >= 15 is 0 Å². The highest BCUT2D eigenvalue weighted by molar-refractivity contribution is 6.06. The molecule has 2 aromatic carbocycles. The fourth-order valence-corrected chi connectivity index (χ4v) is 3.73. The summed E-state index contributed by atoms with van der Waals surface area (Å²) in [6.07, 6.45) is 2.68. The van der Waals surface area contributed by atoms with Gasteiger partial charge in [-0.05, 0) is 50.7 Å². The maximum Gasteiger partial charge on any atom is 0.249 e. The largest absolute Gasteiger partial charge is 0.366 e. The molecule has 0 spiro atoms. The van der Waals surface area contributed by atoms with E-state index in [1.54, 1.807) is 6.07 Å². The number of nitrogens with one attached hydrogen (secondary N) is 2. The zero-order valence-electron chi connectivity index (χ0n) is 17.7. The number of fused-ring (bicyclic) bond motifs is 1. The lowest BCUT2D eigenvalue weighted by Gasteiger charge is -2.14. The Kier molecular flexibility index (Phi) is 5.95. The van der Waals surface area contributed by atoms with Crippen molar-refractivity contribution in [3.05, 3.63) is 83.2 Å². The van der Waals surface area contributed by atoms with Crippen molar-refractivity contribution < 1.29 is 4.79 Å². The van der Waals surface area contributed by atoms with Gasteiger partial charge in [-0.1, -0.05) is 36.4 Å². The Hall–Kier alpha value is -3.71. The number of amides is 1. The molecule has 0 unspecified atom stereocenters. The Morgan fingerprint density at radius 3 is 2.68 bits per heavy atom. The minimum absolute atomic E-state index is 0.448. The van der Waals surface area contributed by atoms with Gasteiger partial charge in [0, 0.05) is 34.9 Å². The average molecular weight is 415 g/mol. The number of nitrogens with two attached hydrogens (primary N) is 1. The van der Waals surface area contributed by atoms with Gasteiger partial charge in [-0.3, -0.25) is 9.36 Å². The Balaban J connectivity index is 1.76. The summed E-state index contributed by atoms with van der Waals surface area (Å²) in [6.45, 7) is 3.47. The van der Waals surface area contributed by atoms with Gasteiger partial charge in [-0.25, -0.2) is 4.98 Å². The van der Waals surface area contributed by atoms with Gasteiger partial charge < -0.3 is 16.4 Å². The van der Waals surface area contributed by atoms with Gasteiger partial charge in [-0.2, -0.15) is 4.98 Å². The van der Waals surface area contributed by atoms with Crippen LogP contribution in [0.4, 0.5) is 5.82 Å². The molecule has 4 aromatic rings. The summed E-state index contributed by atoms with van der Waals surface area (Å²) in [5.74, 6) is 0.908. The third-order valence-corrected chi connectivity index (χ3v) is 5.29. The summed E-state index contributed by atoms with van der Waals surface area (Å²) in [5.41, 5.74) is 10.1. The van der Waals surface area contributed by atoms with Crippen LogP contribution >= 0.6 is 0 Å². The number of rotatable bonds is 8. The fourth-order valence-electron chi connectivity index (χ4n) is 3.73. The maximum atomic E-state index is 11.9. The molecule has 2 aromatic heterocycles. The number of aromatic nitrogens is 3. The van der Waals surface area contributed by atoms with Crippen molar-refractivity contribution >= 4 is 22.6 Å². The average Bonchev–Trinajstić information content (AvgIpc) is 3.12. The van der Waals surface area contributed by atoms with Gasteiger partial charge in [0.15, 0.2) is 0 Å². The molecule has 0 fully saturated rings. The Morgan fingerprint density at radius 1 is 1.13 bits per heavy atom. The van der Waals surface area contributed by atoms with E-state index in [1.165, 1.54) is 5.56 Å². The van der Waals surface area contributed by atoms with Crippen molar-refractivity contribution in [3.63, 3.8) is 0 Å². The molecule has 1 amide bonds. The smallest absolute Gasteiger partial charge is 0.249 e. The predicted octanol–water partition coefficient (Wildman–Crippen LogP) is 3.20. The molecule has 4 N–H and O–H groups in total. The normalized spacial score (nSPS) is 11.0. The SMILES string of the molecule is CNCCc1cnc(-n2c(C)cc3c(C(N)=O)cccc32)nc1NCc1ccccc1. The van der Waals surface area contributed by atoms with Crippen LogP contribution < -0.4 is 16.4 Å². The molecule has 158 valence electrons. The molecule has 0 saturated carbocycles. The van der Waals surface area contributed by atoms with E-state index in [1.807, 2.05) is 61.1 Å². The van der Waals surface area contributed by atoms with E-state index in [0.717, 1.165) is 40.9 Å². The topological polar surface area (TPSA) is 97.9 Å². The van der Waals surface area contributed by atoms with Crippen molar-refractivity contribution in [2.75, 3.05) is 18.9 Å². The van der Waals surface area contributed by atoms with Gasteiger partial charge in [0.1, 0.15) is 5.82 Å². The van der Waals surface area contributed by atoms with Gasteiger partial charge in [0.25, 0.3) is 0 Å². The molecular weight excluding hydrogens is 388 g/mol. The van der Waals surface area contributed by atoms with Gasteiger partial charge >= 0.3 is 0 Å². The number of aryl methyl sites for hydroxylation is 1. The van der Waals surface area contributed by atoms with Crippen molar-refractivity contribution in [2.45, 2.75) is 19.9 Å². The zero-order chi connectivity index (χ0) is 21.8. The molecule has 0 aliphatic carbocycles. The van der Waals surface area contributed by atoms with Crippen LogP contribution in [0.2, 0.25) is 0 Å². The second-order valence-corrected chi connectivity index (χ2v) is 7.46. The first-order valence-corrected chi connectivity index (χ1v) is 10.3. The Morgan fingerprint density at radius 2 is 1.94 bits per heavy atom. The van der Waals surface area contributed by atoms with Crippen LogP contribution in [0.1, 0.15) is 27.2 Å². The lowest BCUT2D eigenvalue weighted by Crippen LogP contribution is -2.15. The zero-order valence-corrected chi connectivity index (χ0v) is 17.7. The summed E-state index contributed by atoms with van der Waals surface area (Å²) < 4.78 is 1.96. The molecular formula is C24H26N6O. The van der Waals surface area contributed by atoms with E-state index in [0.29, 0.717) is 18.1 Å². The standard InChI is InChI=1S/C24H26N6O/c1-16-13-20-19(22(25)31)9-6-10-21(20)30(16)24-28-15-18(11-12-26-2)23(29-24)27-14-17-7-4-3-5-8-17/h3-10,13,15,26H,11-12,14H2,1-2H3,(H2,25,31)(H,27,28,29).